The second kappa shape index (κ2) is 2.05. The summed E-state index contributed by atoms with van der Waals surface area (Å²) in [6.45, 7) is 7.65. The molecule has 0 saturated carbocycles. The normalized spacial score (nSPS) is 9.56. The van der Waals surface area contributed by atoms with E-state index in [0.29, 0.717) is 0 Å². The first-order valence-electron chi connectivity index (χ1n) is 2.89. The van der Waals surface area contributed by atoms with Crippen LogP contribution in [0.1, 0.15) is 11.3 Å². The van der Waals surface area contributed by atoms with Crippen LogP contribution in [-0.2, 0) is 0 Å². The van der Waals surface area contributed by atoms with Gasteiger partial charge in [0.05, 0.1) is 6.20 Å². The Bertz CT molecular complexity index is 223. The molecule has 0 aliphatic rings. The topological polar surface area (TPSA) is 17.8 Å². The van der Waals surface area contributed by atoms with Crippen LogP contribution < -0.4 is 0 Å². The van der Waals surface area contributed by atoms with Crippen molar-refractivity contribution in [2.45, 2.75) is 13.8 Å². The summed E-state index contributed by atoms with van der Waals surface area (Å²) in [6, 6.07) is 0. The molecule has 0 spiro atoms. The van der Waals surface area contributed by atoms with Gasteiger partial charge in [-0.05, 0) is 19.4 Å². The Labute approximate surface area is 54.8 Å². The van der Waals surface area contributed by atoms with Gasteiger partial charge in [-0.25, -0.2) is 4.68 Å². The fourth-order valence-corrected chi connectivity index (χ4v) is 0.694. The Morgan fingerprint density at radius 1 is 1.67 bits per heavy atom. The highest BCUT2D eigenvalue weighted by molar-refractivity contribution is 5.24. The largest absolute Gasteiger partial charge is 0.246 e. The lowest BCUT2D eigenvalue weighted by atomic mass is 10.3. The summed E-state index contributed by atoms with van der Waals surface area (Å²) in [5, 5.41) is 4.03. The van der Waals surface area contributed by atoms with Crippen molar-refractivity contribution in [1.29, 1.82) is 0 Å². The maximum atomic E-state index is 4.03. The number of nitrogens with zero attached hydrogens (tertiary/aromatic N) is 2. The van der Waals surface area contributed by atoms with Crippen LogP contribution in [0.2, 0.25) is 0 Å². The molecule has 0 aromatic carbocycles. The molecule has 0 radical (unpaired) electrons. The molecular formula is C7H10N2. The minimum atomic E-state index is 1.16. The number of rotatable bonds is 1. The van der Waals surface area contributed by atoms with Crippen molar-refractivity contribution in [2.24, 2.45) is 0 Å². The van der Waals surface area contributed by atoms with E-state index in [0.717, 1.165) is 5.69 Å². The summed E-state index contributed by atoms with van der Waals surface area (Å²) < 4.78 is 1.76. The summed E-state index contributed by atoms with van der Waals surface area (Å²) in [4.78, 5) is 0. The van der Waals surface area contributed by atoms with Gasteiger partial charge in [-0.3, -0.25) is 0 Å². The van der Waals surface area contributed by atoms with Crippen LogP contribution in [0, 0.1) is 13.8 Å². The highest BCUT2D eigenvalue weighted by atomic mass is 15.3. The third-order valence-electron chi connectivity index (χ3n) is 1.46. The average Bonchev–Trinajstić information content (AvgIpc) is 2.15. The molecule has 0 N–H and O–H groups in total. The lowest BCUT2D eigenvalue weighted by molar-refractivity contribution is 0.898. The van der Waals surface area contributed by atoms with Gasteiger partial charge in [0.15, 0.2) is 0 Å². The molecule has 2 heteroatoms. The molecule has 0 atom stereocenters. The minimum Gasteiger partial charge on any atom is -0.246 e. The van der Waals surface area contributed by atoms with Crippen LogP contribution in [-0.4, -0.2) is 9.78 Å². The van der Waals surface area contributed by atoms with Crippen LogP contribution in [0.15, 0.2) is 12.8 Å². The molecule has 1 aromatic rings. The van der Waals surface area contributed by atoms with Gasteiger partial charge in [0.2, 0.25) is 0 Å². The fourth-order valence-electron chi connectivity index (χ4n) is 0.694. The van der Waals surface area contributed by atoms with Gasteiger partial charge in [0.1, 0.15) is 0 Å². The summed E-state index contributed by atoms with van der Waals surface area (Å²) in [5.41, 5.74) is 2.36. The number of hydrogen-bond donors (Lipinski definition) is 0. The van der Waals surface area contributed by atoms with E-state index >= 15 is 0 Å². The molecule has 1 aromatic heterocycles. The molecule has 2 nitrogen and oxygen atoms in total. The Morgan fingerprint density at radius 2 is 2.33 bits per heavy atom. The third kappa shape index (κ3) is 0.875. The zero-order valence-electron chi connectivity index (χ0n) is 5.76. The molecule has 0 bridgehead atoms. The zero-order chi connectivity index (χ0) is 6.85. The van der Waals surface area contributed by atoms with E-state index in [1.165, 1.54) is 5.56 Å². The summed E-state index contributed by atoms with van der Waals surface area (Å²) >= 11 is 0. The maximum Gasteiger partial charge on any atom is 0.0525 e. The first-order chi connectivity index (χ1) is 4.25. The molecule has 0 unspecified atom stereocenters. The van der Waals surface area contributed by atoms with E-state index in [1.807, 2.05) is 20.0 Å². The predicted octanol–water partition coefficient (Wildman–Crippen LogP) is 1.60. The van der Waals surface area contributed by atoms with Gasteiger partial charge in [-0.15, -0.1) is 0 Å². The van der Waals surface area contributed by atoms with Crippen LogP contribution in [0.5, 0.6) is 0 Å². The monoisotopic (exact) mass is 122 g/mol. The highest BCUT2D eigenvalue weighted by Gasteiger charge is 1.95. The van der Waals surface area contributed by atoms with Gasteiger partial charge in [-0.1, -0.05) is 6.58 Å². The van der Waals surface area contributed by atoms with Gasteiger partial charge in [0.25, 0.3) is 0 Å². The standard InChI is InChI=1S/C7H10N2/c1-4-9-7(3)6(2)5-8-9/h4-5H,1H2,2-3H3. The molecule has 0 aliphatic carbocycles. The summed E-state index contributed by atoms with van der Waals surface area (Å²) in [6.07, 6.45) is 3.53. The first-order valence-corrected chi connectivity index (χ1v) is 2.89. The molecule has 9 heavy (non-hydrogen) atoms. The molecule has 0 aliphatic heterocycles. The van der Waals surface area contributed by atoms with Crippen molar-refractivity contribution in [1.82, 2.24) is 9.78 Å². The van der Waals surface area contributed by atoms with Gasteiger partial charge < -0.3 is 0 Å². The molecule has 0 fully saturated rings. The Hall–Kier alpha value is -1.05. The van der Waals surface area contributed by atoms with Crippen molar-refractivity contribution >= 4 is 6.20 Å². The van der Waals surface area contributed by atoms with Crippen LogP contribution in [0.3, 0.4) is 0 Å². The van der Waals surface area contributed by atoms with Crippen molar-refractivity contribution in [3.05, 3.63) is 24.0 Å². The second-order valence-corrected chi connectivity index (χ2v) is 2.04. The van der Waals surface area contributed by atoms with Crippen LogP contribution in [0.25, 0.3) is 6.20 Å². The zero-order valence-corrected chi connectivity index (χ0v) is 5.76. The molecule has 0 amide bonds. The summed E-state index contributed by atoms with van der Waals surface area (Å²) in [5.74, 6) is 0. The molecule has 0 saturated heterocycles. The smallest absolute Gasteiger partial charge is 0.0525 e. The Kier molecular flexibility index (Phi) is 1.39. The summed E-state index contributed by atoms with van der Waals surface area (Å²) in [7, 11) is 0. The lowest BCUT2D eigenvalue weighted by Gasteiger charge is -1.92. The van der Waals surface area contributed by atoms with Crippen LogP contribution in [0.4, 0.5) is 0 Å². The van der Waals surface area contributed by atoms with Crippen molar-refractivity contribution in [2.75, 3.05) is 0 Å². The molecule has 1 heterocycles. The predicted molar refractivity (Wildman–Crippen MR) is 38.1 cm³/mol. The number of hydrogen-bond acceptors (Lipinski definition) is 1. The van der Waals surface area contributed by atoms with E-state index in [2.05, 4.69) is 11.7 Å². The van der Waals surface area contributed by atoms with Crippen LogP contribution >= 0.6 is 0 Å². The SMILES string of the molecule is C=Cn1ncc(C)c1C. The molecular weight excluding hydrogens is 112 g/mol. The molecule has 1 rings (SSSR count). The van der Waals surface area contributed by atoms with Crippen molar-refractivity contribution < 1.29 is 0 Å². The van der Waals surface area contributed by atoms with E-state index in [1.54, 1.807) is 10.9 Å². The third-order valence-corrected chi connectivity index (χ3v) is 1.46. The minimum absolute atomic E-state index is 1.16. The highest BCUT2D eigenvalue weighted by Crippen LogP contribution is 2.03. The van der Waals surface area contributed by atoms with E-state index in [9.17, 15) is 0 Å². The number of aromatic nitrogens is 2. The maximum absolute atomic E-state index is 4.03. The van der Waals surface area contributed by atoms with E-state index < -0.39 is 0 Å². The average molecular weight is 122 g/mol. The Balaban J connectivity index is 3.18. The van der Waals surface area contributed by atoms with Gasteiger partial charge in [0, 0.05) is 11.9 Å². The van der Waals surface area contributed by atoms with Gasteiger partial charge >= 0.3 is 0 Å². The van der Waals surface area contributed by atoms with E-state index in [-0.39, 0.29) is 0 Å². The lowest BCUT2D eigenvalue weighted by Crippen LogP contribution is -1.89. The van der Waals surface area contributed by atoms with Gasteiger partial charge in [-0.2, -0.15) is 5.10 Å². The second-order valence-electron chi connectivity index (χ2n) is 2.04. The molecule has 48 valence electrons. The first kappa shape index (κ1) is 6.08. The van der Waals surface area contributed by atoms with Crippen molar-refractivity contribution in [3.63, 3.8) is 0 Å². The number of aryl methyl sites for hydroxylation is 1. The quantitative estimate of drug-likeness (QED) is 0.553. The fraction of sp³-hybridized carbons (Fsp3) is 0.286. The Morgan fingerprint density at radius 3 is 2.56 bits per heavy atom. The van der Waals surface area contributed by atoms with E-state index in [4.69, 9.17) is 0 Å². The van der Waals surface area contributed by atoms with Crippen molar-refractivity contribution in [3.8, 4) is 0 Å².